The van der Waals surface area contributed by atoms with Crippen LogP contribution in [0.1, 0.15) is 63.2 Å². The van der Waals surface area contributed by atoms with Crippen molar-refractivity contribution in [2.45, 2.75) is 59.2 Å². The first-order valence-corrected chi connectivity index (χ1v) is 6.83. The van der Waals surface area contributed by atoms with Crippen molar-refractivity contribution in [3.05, 3.63) is 23.3 Å². The smallest absolute Gasteiger partial charge is 0.157 e. The Bertz CT molecular complexity index is 350. The predicted octanol–water partition coefficient (Wildman–Crippen LogP) is 2.80. The summed E-state index contributed by atoms with van der Waals surface area (Å²) in [4.78, 5) is 8.91. The summed E-state index contributed by atoms with van der Waals surface area (Å²) in [6.45, 7) is 6.88. The van der Waals surface area contributed by atoms with Crippen molar-refractivity contribution in [1.29, 1.82) is 0 Å². The molecule has 1 heterocycles. The van der Waals surface area contributed by atoms with Gasteiger partial charge in [-0.1, -0.05) is 26.7 Å². The van der Waals surface area contributed by atoms with Crippen molar-refractivity contribution < 1.29 is 9.84 Å². The van der Waals surface area contributed by atoms with E-state index in [2.05, 4.69) is 23.8 Å². The highest BCUT2D eigenvalue weighted by Gasteiger charge is 2.15. The molecule has 1 atom stereocenters. The van der Waals surface area contributed by atoms with Crippen LogP contribution in [0, 0.1) is 0 Å². The molecule has 0 amide bonds. The third kappa shape index (κ3) is 4.03. The van der Waals surface area contributed by atoms with Crippen LogP contribution in [-0.4, -0.2) is 21.7 Å². The van der Waals surface area contributed by atoms with Gasteiger partial charge in [0.05, 0.1) is 6.61 Å². The number of aromatic nitrogens is 2. The maximum atomic E-state index is 9.27. The Hall–Kier alpha value is -1.00. The van der Waals surface area contributed by atoms with E-state index >= 15 is 0 Å². The number of aryl methyl sites for hydroxylation is 1. The van der Waals surface area contributed by atoms with Gasteiger partial charge < -0.3 is 9.84 Å². The lowest BCUT2D eigenvalue weighted by Gasteiger charge is -2.16. The standard InChI is InChI=1S/C14H24N2O2/c1-4-7-12-11(10-17)9-15-14(16-12)13(8-5-2)18-6-3/h9,13,17H,4-8,10H2,1-3H3. The molecule has 1 aromatic heterocycles. The molecular formula is C14H24N2O2. The summed E-state index contributed by atoms with van der Waals surface area (Å²) in [7, 11) is 0. The van der Waals surface area contributed by atoms with Crippen LogP contribution in [0.3, 0.4) is 0 Å². The highest BCUT2D eigenvalue weighted by atomic mass is 16.5. The highest BCUT2D eigenvalue weighted by Crippen LogP contribution is 2.20. The summed E-state index contributed by atoms with van der Waals surface area (Å²) in [5.41, 5.74) is 1.78. The normalized spacial score (nSPS) is 12.7. The van der Waals surface area contributed by atoms with Crippen LogP contribution in [-0.2, 0) is 17.8 Å². The number of hydrogen-bond donors (Lipinski definition) is 1. The van der Waals surface area contributed by atoms with E-state index in [0.717, 1.165) is 42.8 Å². The van der Waals surface area contributed by atoms with Crippen LogP contribution < -0.4 is 0 Å². The Morgan fingerprint density at radius 1 is 1.28 bits per heavy atom. The lowest BCUT2D eigenvalue weighted by molar-refractivity contribution is 0.0491. The van der Waals surface area contributed by atoms with Gasteiger partial charge in [-0.2, -0.15) is 0 Å². The van der Waals surface area contributed by atoms with Crippen molar-refractivity contribution in [3.8, 4) is 0 Å². The van der Waals surface area contributed by atoms with E-state index in [-0.39, 0.29) is 12.7 Å². The Morgan fingerprint density at radius 2 is 2.06 bits per heavy atom. The van der Waals surface area contributed by atoms with Gasteiger partial charge in [0.15, 0.2) is 5.82 Å². The summed E-state index contributed by atoms with van der Waals surface area (Å²) in [5.74, 6) is 0.749. The minimum absolute atomic E-state index is 0.00267. The molecule has 102 valence electrons. The fourth-order valence-electron chi connectivity index (χ4n) is 1.95. The van der Waals surface area contributed by atoms with E-state index in [9.17, 15) is 5.11 Å². The molecule has 0 fully saturated rings. The van der Waals surface area contributed by atoms with E-state index in [0.29, 0.717) is 6.61 Å². The molecule has 0 aliphatic rings. The molecular weight excluding hydrogens is 228 g/mol. The Balaban J connectivity index is 2.96. The van der Waals surface area contributed by atoms with Gasteiger partial charge in [0.2, 0.25) is 0 Å². The summed E-state index contributed by atoms with van der Waals surface area (Å²) in [5, 5.41) is 9.27. The monoisotopic (exact) mass is 252 g/mol. The third-order valence-electron chi connectivity index (χ3n) is 2.84. The van der Waals surface area contributed by atoms with Gasteiger partial charge in [-0.05, 0) is 19.8 Å². The van der Waals surface area contributed by atoms with Crippen LogP contribution in [0.4, 0.5) is 0 Å². The molecule has 0 aliphatic heterocycles. The minimum Gasteiger partial charge on any atom is -0.392 e. The zero-order chi connectivity index (χ0) is 13.4. The summed E-state index contributed by atoms with van der Waals surface area (Å²) in [6.07, 6.45) is 5.56. The van der Waals surface area contributed by atoms with E-state index in [1.165, 1.54) is 0 Å². The van der Waals surface area contributed by atoms with Gasteiger partial charge in [0, 0.05) is 24.1 Å². The number of nitrogens with zero attached hydrogens (tertiary/aromatic N) is 2. The van der Waals surface area contributed by atoms with E-state index in [4.69, 9.17) is 4.74 Å². The molecule has 1 unspecified atom stereocenters. The molecule has 1 N–H and O–H groups in total. The Morgan fingerprint density at radius 3 is 2.61 bits per heavy atom. The average molecular weight is 252 g/mol. The molecule has 4 heteroatoms. The predicted molar refractivity (Wildman–Crippen MR) is 71.2 cm³/mol. The van der Waals surface area contributed by atoms with Crippen LogP contribution >= 0.6 is 0 Å². The molecule has 0 aromatic carbocycles. The third-order valence-corrected chi connectivity index (χ3v) is 2.84. The van der Waals surface area contributed by atoms with Crippen molar-refractivity contribution >= 4 is 0 Å². The molecule has 18 heavy (non-hydrogen) atoms. The van der Waals surface area contributed by atoms with Gasteiger partial charge in [-0.3, -0.25) is 0 Å². The lowest BCUT2D eigenvalue weighted by atomic mass is 10.1. The van der Waals surface area contributed by atoms with Crippen molar-refractivity contribution in [3.63, 3.8) is 0 Å². The number of rotatable bonds is 8. The molecule has 0 saturated carbocycles. The second-order valence-corrected chi connectivity index (χ2v) is 4.34. The summed E-state index contributed by atoms with van der Waals surface area (Å²) < 4.78 is 5.69. The molecule has 1 aromatic rings. The fourth-order valence-corrected chi connectivity index (χ4v) is 1.95. The van der Waals surface area contributed by atoms with Crippen LogP contribution in [0.25, 0.3) is 0 Å². The number of aliphatic hydroxyl groups excluding tert-OH is 1. The van der Waals surface area contributed by atoms with E-state index in [1.807, 2.05) is 6.92 Å². The second-order valence-electron chi connectivity index (χ2n) is 4.34. The quantitative estimate of drug-likeness (QED) is 0.773. The van der Waals surface area contributed by atoms with Crippen LogP contribution in [0.15, 0.2) is 6.20 Å². The van der Waals surface area contributed by atoms with Crippen molar-refractivity contribution in [2.24, 2.45) is 0 Å². The van der Waals surface area contributed by atoms with Crippen molar-refractivity contribution in [1.82, 2.24) is 9.97 Å². The Kier molecular flexibility index (Phi) is 6.83. The SMILES string of the molecule is CCCc1nc(C(CCC)OCC)ncc1CO. The van der Waals surface area contributed by atoms with Crippen LogP contribution in [0.2, 0.25) is 0 Å². The lowest BCUT2D eigenvalue weighted by Crippen LogP contribution is -2.12. The fraction of sp³-hybridized carbons (Fsp3) is 0.714. The molecule has 4 nitrogen and oxygen atoms in total. The number of hydrogen-bond acceptors (Lipinski definition) is 4. The van der Waals surface area contributed by atoms with Gasteiger partial charge >= 0.3 is 0 Å². The van der Waals surface area contributed by atoms with Crippen molar-refractivity contribution in [2.75, 3.05) is 6.61 Å². The minimum atomic E-state index is -0.0247. The summed E-state index contributed by atoms with van der Waals surface area (Å²) in [6, 6.07) is 0. The maximum absolute atomic E-state index is 9.27. The second kappa shape index (κ2) is 8.16. The summed E-state index contributed by atoms with van der Waals surface area (Å²) >= 11 is 0. The molecule has 0 spiro atoms. The van der Waals surface area contributed by atoms with E-state index in [1.54, 1.807) is 6.20 Å². The average Bonchev–Trinajstić information content (AvgIpc) is 2.39. The zero-order valence-corrected chi connectivity index (χ0v) is 11.6. The molecule has 1 rings (SSSR count). The van der Waals surface area contributed by atoms with Gasteiger partial charge in [0.25, 0.3) is 0 Å². The topological polar surface area (TPSA) is 55.2 Å². The first-order valence-electron chi connectivity index (χ1n) is 6.83. The molecule has 0 bridgehead atoms. The van der Waals surface area contributed by atoms with Gasteiger partial charge in [0.1, 0.15) is 6.10 Å². The number of aliphatic hydroxyl groups is 1. The van der Waals surface area contributed by atoms with Gasteiger partial charge in [-0.25, -0.2) is 9.97 Å². The first kappa shape index (κ1) is 15.1. The van der Waals surface area contributed by atoms with E-state index < -0.39 is 0 Å². The zero-order valence-electron chi connectivity index (χ0n) is 11.6. The largest absolute Gasteiger partial charge is 0.392 e. The van der Waals surface area contributed by atoms with Gasteiger partial charge in [-0.15, -0.1) is 0 Å². The Labute approximate surface area is 109 Å². The number of ether oxygens (including phenoxy) is 1. The maximum Gasteiger partial charge on any atom is 0.157 e. The first-order chi connectivity index (χ1) is 8.76. The molecule has 0 aliphatic carbocycles. The molecule has 0 saturated heterocycles. The highest BCUT2D eigenvalue weighted by molar-refractivity contribution is 5.17. The molecule has 0 radical (unpaired) electrons. The van der Waals surface area contributed by atoms with Crippen LogP contribution in [0.5, 0.6) is 0 Å².